The van der Waals surface area contributed by atoms with Crippen molar-refractivity contribution in [2.24, 2.45) is 44.5 Å². The van der Waals surface area contributed by atoms with E-state index in [2.05, 4.69) is 97.9 Å². The molecule has 5 rings (SSSR count). The average Bonchev–Trinajstić information content (AvgIpc) is 3.31. The molecule has 2 heterocycles. The Kier molecular flexibility index (Phi) is 10.4. The number of rotatable bonds is 5. The summed E-state index contributed by atoms with van der Waals surface area (Å²) in [6, 6.07) is 0. The number of aliphatic imine (C=N–C) groups is 2. The van der Waals surface area contributed by atoms with Gasteiger partial charge in [0.2, 0.25) is 0 Å². The zero-order valence-corrected chi connectivity index (χ0v) is 29.5. The number of ketones is 1. The number of carbonyl (C=O) groups is 1. The fourth-order valence-corrected chi connectivity index (χ4v) is 8.58. The zero-order chi connectivity index (χ0) is 32.4. The van der Waals surface area contributed by atoms with E-state index < -0.39 is 0 Å². The molecule has 3 heteroatoms. The third-order valence-electron chi connectivity index (χ3n) is 11.3. The van der Waals surface area contributed by atoms with Gasteiger partial charge in [0, 0.05) is 30.7 Å². The van der Waals surface area contributed by atoms with Gasteiger partial charge in [0.1, 0.15) is 0 Å². The molecule has 0 N–H and O–H groups in total. The van der Waals surface area contributed by atoms with E-state index in [0.29, 0.717) is 24.2 Å². The second-order valence-corrected chi connectivity index (χ2v) is 15.7. The maximum absolute atomic E-state index is 13.4. The summed E-state index contributed by atoms with van der Waals surface area (Å²) in [7, 11) is 0. The van der Waals surface area contributed by atoms with E-state index in [-0.39, 0.29) is 22.5 Å². The first-order valence-corrected chi connectivity index (χ1v) is 18.0. The van der Waals surface area contributed by atoms with Crippen molar-refractivity contribution < 1.29 is 4.79 Å². The minimum absolute atomic E-state index is 0.137. The monoisotopic (exact) mass is 606 g/mol. The maximum Gasteiger partial charge on any atom is 0.158 e. The zero-order valence-electron chi connectivity index (χ0n) is 29.5. The predicted octanol–water partition coefficient (Wildman–Crippen LogP) is 11.1. The summed E-state index contributed by atoms with van der Waals surface area (Å²) in [6.07, 6.45) is 28.7. The Balaban J connectivity index is 1.50. The largest absolute Gasteiger partial charge is 0.295 e. The van der Waals surface area contributed by atoms with E-state index in [4.69, 9.17) is 9.98 Å². The van der Waals surface area contributed by atoms with E-state index in [1.165, 1.54) is 40.7 Å². The van der Waals surface area contributed by atoms with Gasteiger partial charge in [0.05, 0.1) is 11.4 Å². The summed E-state index contributed by atoms with van der Waals surface area (Å²) in [5.74, 6) is 1.95. The molecule has 3 nitrogen and oxygen atoms in total. The molecule has 0 fully saturated rings. The molecular formula is C42H58N2O. The van der Waals surface area contributed by atoms with Crippen LogP contribution in [-0.4, -0.2) is 23.8 Å². The Labute approximate surface area is 274 Å². The van der Waals surface area contributed by atoms with E-state index in [1.807, 2.05) is 0 Å². The minimum Gasteiger partial charge on any atom is -0.295 e. The van der Waals surface area contributed by atoms with Gasteiger partial charge in [-0.3, -0.25) is 14.8 Å². The number of allylic oxidation sites excluding steroid dienone is 13. The fraction of sp³-hybridized carbons (Fsp3) is 0.595. The quantitative estimate of drug-likeness (QED) is 0.287. The molecule has 45 heavy (non-hydrogen) atoms. The van der Waals surface area contributed by atoms with Crippen molar-refractivity contribution in [3.8, 4) is 0 Å². The number of nitrogens with zero attached hydrogens (tertiary/aromatic N) is 2. The summed E-state index contributed by atoms with van der Waals surface area (Å²) < 4.78 is 0. The van der Waals surface area contributed by atoms with Crippen LogP contribution in [0.4, 0.5) is 0 Å². The van der Waals surface area contributed by atoms with E-state index >= 15 is 0 Å². The average molecular weight is 607 g/mol. The first kappa shape index (κ1) is 33.6. The van der Waals surface area contributed by atoms with Gasteiger partial charge in [-0.15, -0.1) is 0 Å². The first-order chi connectivity index (χ1) is 21.4. The molecule has 0 bridgehead atoms. The number of carbonyl (C=O) groups excluding carboxylic acids is 1. The smallest absolute Gasteiger partial charge is 0.158 e. The molecule has 0 aromatic carbocycles. The van der Waals surface area contributed by atoms with Crippen molar-refractivity contribution in [1.82, 2.24) is 0 Å². The van der Waals surface area contributed by atoms with Crippen LogP contribution in [0, 0.1) is 34.5 Å². The van der Waals surface area contributed by atoms with Gasteiger partial charge in [-0.25, -0.2) is 0 Å². The second-order valence-electron chi connectivity index (χ2n) is 15.7. The third-order valence-corrected chi connectivity index (χ3v) is 11.3. The van der Waals surface area contributed by atoms with Gasteiger partial charge in [0.25, 0.3) is 0 Å². The molecule has 0 saturated heterocycles. The molecule has 3 aliphatic carbocycles. The normalized spacial score (nSPS) is 34.4. The van der Waals surface area contributed by atoms with Crippen LogP contribution >= 0.6 is 0 Å². The Morgan fingerprint density at radius 2 is 1.76 bits per heavy atom. The fourth-order valence-electron chi connectivity index (χ4n) is 8.58. The molecule has 4 atom stereocenters. The van der Waals surface area contributed by atoms with Gasteiger partial charge < -0.3 is 0 Å². The summed E-state index contributed by atoms with van der Waals surface area (Å²) in [6.45, 7) is 19.7. The SMILES string of the molecule is CC/C1=C/C(CC)/C(C)=C\CC2CCN=C(C3=CC(=O)CC4CC/C=C(C5=CC(C)(C)CC(CC)C(C)(C)C5)\C=C/C4=N3)C=C12. The maximum atomic E-state index is 13.4. The van der Waals surface area contributed by atoms with Crippen molar-refractivity contribution in [2.75, 3.05) is 6.54 Å². The van der Waals surface area contributed by atoms with E-state index in [1.54, 1.807) is 6.08 Å². The Hall–Kier alpha value is -2.81. The van der Waals surface area contributed by atoms with E-state index in [9.17, 15) is 4.79 Å². The second kappa shape index (κ2) is 13.9. The van der Waals surface area contributed by atoms with Gasteiger partial charge in [-0.2, -0.15) is 0 Å². The molecular weight excluding hydrogens is 548 g/mol. The van der Waals surface area contributed by atoms with Gasteiger partial charge in [-0.05, 0) is 121 Å². The van der Waals surface area contributed by atoms with Crippen LogP contribution in [-0.2, 0) is 4.79 Å². The lowest BCUT2D eigenvalue weighted by molar-refractivity contribution is -0.115. The lowest BCUT2D eigenvalue weighted by Gasteiger charge is -2.35. The summed E-state index contributed by atoms with van der Waals surface area (Å²) >= 11 is 0. The van der Waals surface area contributed by atoms with Gasteiger partial charge >= 0.3 is 0 Å². The molecule has 5 aliphatic rings. The molecule has 242 valence electrons. The Bertz CT molecular complexity index is 1450. The molecule has 0 amide bonds. The van der Waals surface area contributed by atoms with Crippen molar-refractivity contribution in [1.29, 1.82) is 0 Å². The topological polar surface area (TPSA) is 41.8 Å². The lowest BCUT2D eigenvalue weighted by Crippen LogP contribution is -2.26. The number of hydrogen-bond acceptors (Lipinski definition) is 3. The van der Waals surface area contributed by atoms with Crippen LogP contribution in [0.15, 0.2) is 92.2 Å². The molecule has 0 aromatic rings. The van der Waals surface area contributed by atoms with Crippen molar-refractivity contribution >= 4 is 17.2 Å². The van der Waals surface area contributed by atoms with Crippen LogP contribution < -0.4 is 0 Å². The van der Waals surface area contributed by atoms with Crippen molar-refractivity contribution in [2.45, 2.75) is 120 Å². The standard InChI is InChI=1S/C42H58N2O/c1-9-29-21-30(10-2)37-24-39(43-20-19-32(37)16-15-28(29)4)40-23-36(45)22-33-14-12-13-31(17-18-38(33)44-40)34-25-41(5,6)27-35(11-3)42(7,8)26-34/h13,15,17-18,21,23-25,29,32-33,35H,9-12,14,16,19-20,22,26-27H2,1-8H3/b18-17-,28-15-,30-21-,31-13+. The Morgan fingerprint density at radius 3 is 2.49 bits per heavy atom. The highest BCUT2D eigenvalue weighted by Crippen LogP contribution is 2.48. The highest BCUT2D eigenvalue weighted by Gasteiger charge is 2.37. The summed E-state index contributed by atoms with van der Waals surface area (Å²) in [4.78, 5) is 23.7. The highest BCUT2D eigenvalue weighted by molar-refractivity contribution is 6.16. The van der Waals surface area contributed by atoms with E-state index in [0.717, 1.165) is 68.6 Å². The molecule has 0 aromatic heterocycles. The molecule has 0 spiro atoms. The van der Waals surface area contributed by atoms with Crippen LogP contribution in [0.1, 0.15) is 120 Å². The van der Waals surface area contributed by atoms with Crippen molar-refractivity contribution in [3.63, 3.8) is 0 Å². The van der Waals surface area contributed by atoms with Gasteiger partial charge in [-0.1, -0.05) is 90.8 Å². The van der Waals surface area contributed by atoms with Crippen molar-refractivity contribution in [3.05, 3.63) is 82.2 Å². The Morgan fingerprint density at radius 1 is 0.956 bits per heavy atom. The lowest BCUT2D eigenvalue weighted by atomic mass is 9.70. The number of hydrogen-bond donors (Lipinski definition) is 0. The van der Waals surface area contributed by atoms with Crippen LogP contribution in [0.25, 0.3) is 0 Å². The number of fused-ring (bicyclic) bond motifs is 2. The first-order valence-electron chi connectivity index (χ1n) is 18.0. The summed E-state index contributed by atoms with van der Waals surface area (Å²) in [5.41, 5.74) is 10.2. The molecule has 4 unspecified atom stereocenters. The highest BCUT2D eigenvalue weighted by atomic mass is 16.1. The molecule has 0 saturated carbocycles. The molecule has 0 radical (unpaired) electrons. The van der Waals surface area contributed by atoms with Crippen LogP contribution in [0.3, 0.4) is 0 Å². The van der Waals surface area contributed by atoms with Gasteiger partial charge in [0.15, 0.2) is 5.78 Å². The predicted molar refractivity (Wildman–Crippen MR) is 193 cm³/mol. The minimum atomic E-state index is 0.137. The summed E-state index contributed by atoms with van der Waals surface area (Å²) in [5, 5.41) is 0. The van der Waals surface area contributed by atoms with Crippen LogP contribution in [0.5, 0.6) is 0 Å². The third kappa shape index (κ3) is 7.78. The van der Waals surface area contributed by atoms with Crippen LogP contribution in [0.2, 0.25) is 0 Å². The molecule has 2 aliphatic heterocycles.